The fourth-order valence-corrected chi connectivity index (χ4v) is 3.65. The largest absolute Gasteiger partial charge is 0.497 e. The highest BCUT2D eigenvalue weighted by Gasteiger charge is 2.55. The van der Waals surface area contributed by atoms with Crippen molar-refractivity contribution in [2.24, 2.45) is 5.92 Å². The van der Waals surface area contributed by atoms with Gasteiger partial charge < -0.3 is 14.2 Å². The molecule has 1 heterocycles. The molecule has 35 heavy (non-hydrogen) atoms. The van der Waals surface area contributed by atoms with Crippen LogP contribution < -0.4 is 14.5 Å². The smallest absolute Gasteiger partial charge is 0.336 e. The van der Waals surface area contributed by atoms with E-state index in [2.05, 4.69) is 0 Å². The second kappa shape index (κ2) is 10.6. The maximum absolute atomic E-state index is 13.6. The van der Waals surface area contributed by atoms with E-state index in [9.17, 15) is 29.3 Å². The molecule has 0 saturated carbocycles. The molecular weight excluding hydrogens is 462 g/mol. The number of urea groups is 1. The van der Waals surface area contributed by atoms with Crippen LogP contribution in [0.5, 0.6) is 5.75 Å². The average molecular weight is 485 g/mol. The number of hydrogen-bond acceptors (Lipinski definition) is 9. The first-order chi connectivity index (χ1) is 16.7. The Hall–Kier alpha value is -4.48. The maximum atomic E-state index is 13.6. The summed E-state index contributed by atoms with van der Waals surface area (Å²) >= 11 is 0. The highest BCUT2D eigenvalue weighted by molar-refractivity contribution is 6.30. The van der Waals surface area contributed by atoms with Gasteiger partial charge in [0, 0.05) is 17.8 Å². The zero-order valence-corrected chi connectivity index (χ0v) is 19.2. The first-order valence-electron chi connectivity index (χ1n) is 10.6. The minimum atomic E-state index is -1.79. The van der Waals surface area contributed by atoms with Crippen LogP contribution in [0.1, 0.15) is 13.8 Å². The molecule has 2 aromatic rings. The normalized spacial score (nSPS) is 15.4. The molecule has 0 aliphatic carbocycles. The number of rotatable bonds is 9. The van der Waals surface area contributed by atoms with Crippen LogP contribution >= 0.6 is 0 Å². The topological polar surface area (TPSA) is 146 Å². The van der Waals surface area contributed by atoms with Crippen molar-refractivity contribution in [2.45, 2.75) is 19.9 Å². The Morgan fingerprint density at radius 2 is 1.46 bits per heavy atom. The van der Waals surface area contributed by atoms with Crippen LogP contribution in [-0.4, -0.2) is 55.2 Å². The van der Waals surface area contributed by atoms with E-state index in [1.807, 2.05) is 0 Å². The Kier molecular flexibility index (Phi) is 7.64. The third kappa shape index (κ3) is 4.90. The molecular formula is C23H23N3O9. The molecule has 0 N–H and O–H groups in total. The van der Waals surface area contributed by atoms with Crippen LogP contribution in [0.4, 0.5) is 21.9 Å². The lowest BCUT2D eigenvalue weighted by Crippen LogP contribution is -2.49. The molecule has 12 heteroatoms. The van der Waals surface area contributed by atoms with Gasteiger partial charge in [-0.1, -0.05) is 0 Å². The second-order valence-electron chi connectivity index (χ2n) is 7.22. The van der Waals surface area contributed by atoms with Gasteiger partial charge in [-0.2, -0.15) is 0 Å². The third-order valence-corrected chi connectivity index (χ3v) is 5.22. The number of methoxy groups -OCH3 is 1. The first-order valence-corrected chi connectivity index (χ1v) is 10.6. The van der Waals surface area contributed by atoms with Gasteiger partial charge in [0.2, 0.25) is 0 Å². The van der Waals surface area contributed by atoms with E-state index in [1.54, 1.807) is 0 Å². The number of non-ortho nitro benzene ring substituents is 1. The number of nitro benzene ring substituents is 1. The Morgan fingerprint density at radius 3 is 1.91 bits per heavy atom. The number of nitro groups is 1. The summed E-state index contributed by atoms with van der Waals surface area (Å²) in [7, 11) is 1.46. The summed E-state index contributed by atoms with van der Waals surface area (Å²) in [5.74, 6) is -4.26. The Bertz CT molecular complexity index is 1110. The molecule has 0 aromatic heterocycles. The van der Waals surface area contributed by atoms with Crippen molar-refractivity contribution in [3.8, 4) is 5.75 Å². The number of ether oxygens (including phenoxy) is 3. The van der Waals surface area contributed by atoms with Gasteiger partial charge in [-0.05, 0) is 50.2 Å². The van der Waals surface area contributed by atoms with E-state index in [-0.39, 0.29) is 30.3 Å². The second-order valence-corrected chi connectivity index (χ2v) is 7.22. The predicted octanol–water partition coefficient (Wildman–Crippen LogP) is 2.69. The number of benzene rings is 2. The lowest BCUT2D eigenvalue weighted by molar-refractivity contribution is -0.384. The van der Waals surface area contributed by atoms with Gasteiger partial charge in [0.1, 0.15) is 11.8 Å². The molecule has 0 spiro atoms. The Labute approximate surface area is 200 Å². The van der Waals surface area contributed by atoms with E-state index in [0.717, 1.165) is 21.9 Å². The molecule has 12 nitrogen and oxygen atoms in total. The van der Waals surface area contributed by atoms with E-state index in [4.69, 9.17) is 14.2 Å². The van der Waals surface area contributed by atoms with Crippen LogP contribution in [0.25, 0.3) is 0 Å². The number of anilines is 2. The minimum absolute atomic E-state index is 0.0635. The summed E-state index contributed by atoms with van der Waals surface area (Å²) in [6.45, 7) is 2.89. The number of carbonyl (C=O) groups is 4. The van der Waals surface area contributed by atoms with Crippen LogP contribution in [-0.2, 0) is 23.9 Å². The molecule has 1 unspecified atom stereocenters. The lowest BCUT2D eigenvalue weighted by Gasteiger charge is -2.26. The number of nitrogens with zero attached hydrogens (tertiary/aromatic N) is 3. The van der Waals surface area contributed by atoms with Crippen molar-refractivity contribution in [3.63, 3.8) is 0 Å². The molecule has 1 aliphatic rings. The van der Waals surface area contributed by atoms with Gasteiger partial charge >= 0.3 is 18.0 Å². The van der Waals surface area contributed by atoms with E-state index in [1.165, 1.54) is 57.4 Å². The minimum Gasteiger partial charge on any atom is -0.497 e. The van der Waals surface area contributed by atoms with Crippen molar-refractivity contribution in [1.82, 2.24) is 0 Å². The monoisotopic (exact) mass is 485 g/mol. The fraction of sp³-hybridized carbons (Fsp3) is 0.304. The Morgan fingerprint density at radius 1 is 0.943 bits per heavy atom. The van der Waals surface area contributed by atoms with Crippen molar-refractivity contribution >= 4 is 40.9 Å². The highest BCUT2D eigenvalue weighted by Crippen LogP contribution is 2.35. The summed E-state index contributed by atoms with van der Waals surface area (Å²) in [6, 6.07) is 8.28. The average Bonchev–Trinajstić information content (AvgIpc) is 3.09. The van der Waals surface area contributed by atoms with Gasteiger partial charge in [-0.15, -0.1) is 0 Å². The van der Waals surface area contributed by atoms with E-state index >= 15 is 0 Å². The zero-order valence-electron chi connectivity index (χ0n) is 19.2. The third-order valence-electron chi connectivity index (χ3n) is 5.22. The zero-order chi connectivity index (χ0) is 25.7. The number of amides is 3. The molecule has 3 amide bonds. The predicted molar refractivity (Wildman–Crippen MR) is 122 cm³/mol. The molecule has 1 aliphatic heterocycles. The summed E-state index contributed by atoms with van der Waals surface area (Å²) in [6.07, 6.45) is 0. The number of esters is 2. The number of hydrogen-bond donors (Lipinski definition) is 0. The van der Waals surface area contributed by atoms with Crippen molar-refractivity contribution < 1.29 is 38.3 Å². The lowest BCUT2D eigenvalue weighted by atomic mass is 9.97. The first kappa shape index (κ1) is 25.1. The van der Waals surface area contributed by atoms with E-state index in [0.29, 0.717) is 5.75 Å². The van der Waals surface area contributed by atoms with Gasteiger partial charge in [-0.25, -0.2) is 9.69 Å². The number of carbonyl (C=O) groups excluding carboxylic acids is 4. The van der Waals surface area contributed by atoms with Crippen LogP contribution in [0.3, 0.4) is 0 Å². The fourth-order valence-electron chi connectivity index (χ4n) is 3.65. The van der Waals surface area contributed by atoms with Crippen molar-refractivity contribution in [1.29, 1.82) is 0 Å². The molecule has 1 atom stereocenters. The molecule has 3 rings (SSSR count). The molecule has 1 saturated heterocycles. The molecule has 1 fully saturated rings. The van der Waals surface area contributed by atoms with E-state index < -0.39 is 40.8 Å². The van der Waals surface area contributed by atoms with Gasteiger partial charge in [0.25, 0.3) is 11.6 Å². The van der Waals surface area contributed by atoms with Gasteiger partial charge in [0.05, 0.1) is 30.9 Å². The highest BCUT2D eigenvalue weighted by atomic mass is 16.6. The van der Waals surface area contributed by atoms with Crippen LogP contribution in [0, 0.1) is 16.0 Å². The maximum Gasteiger partial charge on any atom is 0.336 e. The molecule has 0 bridgehead atoms. The van der Waals surface area contributed by atoms with Crippen LogP contribution in [0.15, 0.2) is 48.5 Å². The molecule has 0 radical (unpaired) electrons. The van der Waals surface area contributed by atoms with Crippen LogP contribution in [0.2, 0.25) is 0 Å². The van der Waals surface area contributed by atoms with Gasteiger partial charge in [-0.3, -0.25) is 29.4 Å². The standard InChI is InChI=1S/C23H23N3O9/c1-4-34-21(28)18(22(29)35-5-2)19-20(27)25(15-10-12-17(33-3)13-11-15)23(30)24(19)14-6-8-16(9-7-14)26(31)32/h6-13,18-19H,4-5H2,1-3H3. The summed E-state index contributed by atoms with van der Waals surface area (Å²) in [5, 5.41) is 11.1. The van der Waals surface area contributed by atoms with Gasteiger partial charge in [0.15, 0.2) is 5.92 Å². The van der Waals surface area contributed by atoms with Crippen molar-refractivity contribution in [3.05, 3.63) is 58.6 Å². The summed E-state index contributed by atoms with van der Waals surface area (Å²) in [4.78, 5) is 64.9. The molecule has 184 valence electrons. The molecule has 2 aromatic carbocycles. The summed E-state index contributed by atoms with van der Waals surface area (Å²) < 4.78 is 15.1. The van der Waals surface area contributed by atoms with Crippen molar-refractivity contribution in [2.75, 3.05) is 30.1 Å². The Balaban J connectivity index is 2.15. The number of imide groups is 1. The SMILES string of the molecule is CCOC(=O)C(C(=O)OCC)C1C(=O)N(c2ccc(OC)cc2)C(=O)N1c1ccc([N+](=O)[O-])cc1. The summed E-state index contributed by atoms with van der Waals surface area (Å²) in [5.41, 5.74) is -0.0159. The quantitative estimate of drug-likeness (QED) is 0.172.